The quantitative estimate of drug-likeness (QED) is 0.342. The number of rotatable bonds is 6. The van der Waals surface area contributed by atoms with Crippen LogP contribution in [0.15, 0.2) is 18.5 Å². The van der Waals surface area contributed by atoms with Gasteiger partial charge in [0.1, 0.15) is 5.69 Å². The molecule has 12 nitrogen and oxygen atoms in total. The summed E-state index contributed by atoms with van der Waals surface area (Å²) in [5.74, 6) is -5.40. The zero-order valence-corrected chi connectivity index (χ0v) is 21.2. The molecule has 0 bridgehead atoms. The van der Waals surface area contributed by atoms with Crippen LogP contribution in [0.1, 0.15) is 40.5 Å². The van der Waals surface area contributed by atoms with Crippen LogP contribution >= 0.6 is 0 Å². The Balaban J connectivity index is 0.000000333. The van der Waals surface area contributed by atoms with Crippen molar-refractivity contribution in [2.75, 3.05) is 39.4 Å². The van der Waals surface area contributed by atoms with E-state index in [0.717, 1.165) is 24.5 Å². The van der Waals surface area contributed by atoms with Gasteiger partial charge in [0.25, 0.3) is 5.91 Å². The van der Waals surface area contributed by atoms with E-state index in [2.05, 4.69) is 20.2 Å². The molecule has 0 radical (unpaired) electrons. The second-order valence-electron chi connectivity index (χ2n) is 8.76. The van der Waals surface area contributed by atoms with Crippen molar-refractivity contribution in [3.05, 3.63) is 35.4 Å². The Labute approximate surface area is 223 Å². The fourth-order valence-corrected chi connectivity index (χ4v) is 3.97. The average molecular weight is 586 g/mol. The van der Waals surface area contributed by atoms with Crippen molar-refractivity contribution in [3.63, 3.8) is 0 Å². The molecule has 2 aromatic rings. The number of carboxylic acid groups (broad SMARTS) is 2. The van der Waals surface area contributed by atoms with Crippen molar-refractivity contribution in [1.29, 1.82) is 0 Å². The van der Waals surface area contributed by atoms with E-state index in [4.69, 9.17) is 24.5 Å². The number of amides is 1. The van der Waals surface area contributed by atoms with Crippen LogP contribution < -0.4 is 0 Å². The highest BCUT2D eigenvalue weighted by molar-refractivity contribution is 5.94. The van der Waals surface area contributed by atoms with Crippen LogP contribution in [0, 0.1) is 0 Å². The molecule has 4 heterocycles. The minimum atomic E-state index is -5.08. The fourth-order valence-electron chi connectivity index (χ4n) is 3.97. The van der Waals surface area contributed by atoms with Gasteiger partial charge in [-0.25, -0.2) is 9.59 Å². The minimum absolute atomic E-state index is 0.0182. The number of likely N-dealkylation sites (tertiary alicyclic amines) is 1. The Hall–Kier alpha value is -3.67. The standard InChI is InChI=1S/C18H26N6O2.2C2HF3O2/c1-22-17-15(13-26-9-8-23-6-2-3-7-23)11-24(12-16(17)20-21-22)18(25)14-4-5-19-10-14;2*3-2(4,5)1(6)7/h4-5,10,15,19H,2-3,6-9,11-13H2,1H3;2*(H,6,7). The van der Waals surface area contributed by atoms with Crippen LogP contribution in [0.3, 0.4) is 0 Å². The van der Waals surface area contributed by atoms with Crippen LogP contribution in [0.4, 0.5) is 26.3 Å². The van der Waals surface area contributed by atoms with Gasteiger partial charge in [0.15, 0.2) is 0 Å². The number of H-pyrrole nitrogens is 1. The number of alkyl halides is 6. The number of ether oxygens (including phenoxy) is 1. The summed E-state index contributed by atoms with van der Waals surface area (Å²) in [5.41, 5.74) is 2.63. The molecule has 0 spiro atoms. The van der Waals surface area contributed by atoms with Crippen LogP contribution in [0.5, 0.6) is 0 Å². The third kappa shape index (κ3) is 9.82. The number of aromatic amines is 1. The summed E-state index contributed by atoms with van der Waals surface area (Å²) in [6, 6.07) is 1.80. The van der Waals surface area contributed by atoms with Gasteiger partial charge in [-0.05, 0) is 32.0 Å². The van der Waals surface area contributed by atoms with E-state index in [1.54, 1.807) is 18.5 Å². The number of aryl methyl sites for hydroxylation is 1. The number of hydrogen-bond donors (Lipinski definition) is 3. The van der Waals surface area contributed by atoms with Crippen LogP contribution in [-0.4, -0.2) is 110 Å². The van der Waals surface area contributed by atoms with Gasteiger partial charge in [0.2, 0.25) is 0 Å². The predicted molar refractivity (Wildman–Crippen MR) is 123 cm³/mol. The van der Waals surface area contributed by atoms with Gasteiger partial charge in [-0.15, -0.1) is 5.10 Å². The van der Waals surface area contributed by atoms with Crippen molar-refractivity contribution < 1.29 is 55.7 Å². The van der Waals surface area contributed by atoms with Crippen LogP contribution in [-0.2, 0) is 27.9 Å². The number of nitrogens with one attached hydrogen (secondary N) is 1. The van der Waals surface area contributed by atoms with Crippen molar-refractivity contribution in [2.24, 2.45) is 7.05 Å². The van der Waals surface area contributed by atoms with Gasteiger partial charge in [-0.2, -0.15) is 26.3 Å². The van der Waals surface area contributed by atoms with E-state index < -0.39 is 24.3 Å². The lowest BCUT2D eigenvalue weighted by molar-refractivity contribution is -0.193. The van der Waals surface area contributed by atoms with Crippen molar-refractivity contribution >= 4 is 17.8 Å². The number of carboxylic acids is 2. The lowest BCUT2D eigenvalue weighted by Gasteiger charge is -2.32. The van der Waals surface area contributed by atoms with Gasteiger partial charge < -0.3 is 29.7 Å². The molecule has 1 amide bonds. The van der Waals surface area contributed by atoms with E-state index in [1.165, 1.54) is 25.9 Å². The molecule has 2 aromatic heterocycles. The molecule has 3 N–H and O–H groups in total. The first-order chi connectivity index (χ1) is 18.6. The summed E-state index contributed by atoms with van der Waals surface area (Å²) < 4.78 is 71.3. The predicted octanol–water partition coefficient (Wildman–Crippen LogP) is 2.26. The Morgan fingerprint density at radius 2 is 1.65 bits per heavy atom. The summed E-state index contributed by atoms with van der Waals surface area (Å²) in [4.78, 5) is 37.8. The Kier molecular flexibility index (Phi) is 11.5. The summed E-state index contributed by atoms with van der Waals surface area (Å²) in [6.45, 7) is 5.78. The van der Waals surface area contributed by atoms with Gasteiger partial charge in [0, 0.05) is 38.4 Å². The maximum Gasteiger partial charge on any atom is 0.490 e. The second kappa shape index (κ2) is 14.1. The molecule has 2 aliphatic rings. The lowest BCUT2D eigenvalue weighted by Crippen LogP contribution is -2.40. The second-order valence-corrected chi connectivity index (χ2v) is 8.76. The first-order valence-electron chi connectivity index (χ1n) is 11.8. The zero-order valence-electron chi connectivity index (χ0n) is 21.2. The van der Waals surface area contributed by atoms with Gasteiger partial charge >= 0.3 is 24.3 Å². The molecule has 18 heteroatoms. The molecule has 2 aliphatic heterocycles. The van der Waals surface area contributed by atoms with E-state index in [9.17, 15) is 31.1 Å². The minimum Gasteiger partial charge on any atom is -0.475 e. The molecule has 1 atom stereocenters. The highest BCUT2D eigenvalue weighted by atomic mass is 19.4. The summed E-state index contributed by atoms with van der Waals surface area (Å²) >= 11 is 0. The zero-order chi connectivity index (χ0) is 30.1. The monoisotopic (exact) mass is 586 g/mol. The first-order valence-corrected chi connectivity index (χ1v) is 11.8. The highest BCUT2D eigenvalue weighted by Crippen LogP contribution is 2.28. The van der Waals surface area contributed by atoms with Crippen LogP contribution in [0.2, 0.25) is 0 Å². The number of nitrogens with zero attached hydrogens (tertiary/aromatic N) is 5. The maximum absolute atomic E-state index is 12.7. The molecular weight excluding hydrogens is 558 g/mol. The summed E-state index contributed by atoms with van der Waals surface area (Å²) in [7, 11) is 1.91. The Morgan fingerprint density at radius 1 is 1.07 bits per heavy atom. The van der Waals surface area contributed by atoms with Crippen molar-refractivity contribution in [3.8, 4) is 0 Å². The molecule has 1 unspecified atom stereocenters. The molecular formula is C22H28F6N6O6. The molecule has 1 saturated heterocycles. The van der Waals surface area contributed by atoms with Crippen molar-refractivity contribution in [2.45, 2.75) is 37.7 Å². The van der Waals surface area contributed by atoms with Crippen molar-refractivity contribution in [1.82, 2.24) is 29.8 Å². The Morgan fingerprint density at radius 3 is 2.15 bits per heavy atom. The number of carbonyl (C=O) groups is 3. The topological polar surface area (TPSA) is 154 Å². The molecule has 224 valence electrons. The lowest BCUT2D eigenvalue weighted by atomic mass is 9.98. The number of aliphatic carboxylic acids is 2. The van der Waals surface area contributed by atoms with E-state index in [0.29, 0.717) is 25.3 Å². The first kappa shape index (κ1) is 32.5. The molecule has 0 saturated carbocycles. The molecule has 1 fully saturated rings. The molecule has 40 heavy (non-hydrogen) atoms. The average Bonchev–Trinajstić information content (AvgIpc) is 3.64. The number of carbonyl (C=O) groups excluding carboxylic acids is 1. The number of hydrogen-bond acceptors (Lipinski definition) is 7. The largest absolute Gasteiger partial charge is 0.490 e. The number of fused-ring (bicyclic) bond motifs is 1. The number of halogens is 6. The molecule has 4 rings (SSSR count). The van der Waals surface area contributed by atoms with Gasteiger partial charge in [0.05, 0.1) is 31.0 Å². The van der Waals surface area contributed by atoms with E-state index in [1.807, 2.05) is 16.6 Å². The van der Waals surface area contributed by atoms with E-state index in [-0.39, 0.29) is 11.8 Å². The SMILES string of the molecule is Cn1nnc2c1C(COCCN1CCCC1)CN(C(=O)c1cc[nH]c1)C2.O=C(O)C(F)(F)F.O=C(O)C(F)(F)F. The number of aromatic nitrogens is 4. The fraction of sp³-hybridized carbons (Fsp3) is 0.591. The molecule has 0 aromatic carbocycles. The molecule has 0 aliphatic carbocycles. The summed E-state index contributed by atoms with van der Waals surface area (Å²) in [6.07, 6.45) is -4.08. The highest BCUT2D eigenvalue weighted by Gasteiger charge is 2.39. The smallest absolute Gasteiger partial charge is 0.475 e. The van der Waals surface area contributed by atoms with E-state index >= 15 is 0 Å². The van der Waals surface area contributed by atoms with Crippen LogP contribution in [0.25, 0.3) is 0 Å². The summed E-state index contributed by atoms with van der Waals surface area (Å²) in [5, 5.41) is 22.7. The maximum atomic E-state index is 12.7. The Bertz CT molecular complexity index is 1090. The van der Waals surface area contributed by atoms with Gasteiger partial charge in [-0.3, -0.25) is 9.48 Å². The third-order valence-electron chi connectivity index (χ3n) is 5.80. The third-order valence-corrected chi connectivity index (χ3v) is 5.80. The van der Waals surface area contributed by atoms with Gasteiger partial charge in [-0.1, -0.05) is 5.21 Å². The normalized spacial score (nSPS) is 17.3.